The molecule has 0 aromatic carbocycles. The third-order valence-electron chi connectivity index (χ3n) is 1.43. The average Bonchev–Trinajstić information content (AvgIpc) is 1.98. The van der Waals surface area contributed by atoms with Crippen molar-refractivity contribution < 1.29 is 14.7 Å². The van der Waals surface area contributed by atoms with Gasteiger partial charge in [-0.25, -0.2) is 4.79 Å². The smallest absolute Gasteiger partial charge is 0.320 e. The molecule has 76 valence electrons. The van der Waals surface area contributed by atoms with Gasteiger partial charge in [0, 0.05) is 0 Å². The van der Waals surface area contributed by atoms with Gasteiger partial charge < -0.3 is 27.6 Å². The minimum atomic E-state index is -1.09. The Balaban J connectivity index is 3.63. The number of nitrogens with one attached hydrogen (secondary N) is 1. The first kappa shape index (κ1) is 11.7. The van der Waals surface area contributed by atoms with Gasteiger partial charge in [-0.3, -0.25) is 4.79 Å². The summed E-state index contributed by atoms with van der Waals surface area (Å²) >= 11 is 0. The molecule has 0 aromatic rings. The summed E-state index contributed by atoms with van der Waals surface area (Å²) in [6.45, 7) is 0. The summed E-state index contributed by atoms with van der Waals surface area (Å²) in [6.07, 6.45) is -0.185. The van der Waals surface area contributed by atoms with Crippen LogP contribution < -0.4 is 22.5 Å². The first-order valence-corrected chi connectivity index (χ1v) is 3.73. The van der Waals surface area contributed by atoms with Crippen LogP contribution in [0.1, 0.15) is 12.8 Å². The van der Waals surface area contributed by atoms with Crippen molar-refractivity contribution in [3.8, 4) is 0 Å². The molecule has 0 aliphatic heterocycles. The Bertz CT molecular complexity index is 196. The van der Waals surface area contributed by atoms with Gasteiger partial charge in [0.25, 0.3) is 0 Å². The maximum Gasteiger partial charge on any atom is 0.320 e. The highest BCUT2D eigenvalue weighted by atomic mass is 16.4. The zero-order valence-corrected chi connectivity index (χ0v) is 7.06. The molecule has 0 aliphatic rings. The normalized spacial score (nSPS) is 14.6. The van der Waals surface area contributed by atoms with Gasteiger partial charge in [0.2, 0.25) is 0 Å². The number of rotatable bonds is 5. The summed E-state index contributed by atoms with van der Waals surface area (Å²) in [5.74, 6) is -1.09. The van der Waals surface area contributed by atoms with Crippen molar-refractivity contribution in [2.75, 3.05) is 0 Å². The second-order valence-corrected chi connectivity index (χ2v) is 2.64. The predicted molar refractivity (Wildman–Crippen MR) is 45.5 cm³/mol. The number of primary amides is 1. The lowest BCUT2D eigenvalue weighted by Crippen LogP contribution is -2.45. The fraction of sp³-hybridized carbons (Fsp3) is 0.667. The van der Waals surface area contributed by atoms with E-state index in [-0.39, 0.29) is 12.8 Å². The lowest BCUT2D eigenvalue weighted by molar-refractivity contribution is -0.138. The molecule has 0 bridgehead atoms. The van der Waals surface area contributed by atoms with Crippen molar-refractivity contribution in [1.82, 2.24) is 5.32 Å². The first-order chi connectivity index (χ1) is 5.93. The zero-order chi connectivity index (χ0) is 10.4. The minimum absolute atomic E-state index is 0.191. The maximum atomic E-state index is 10.3. The van der Waals surface area contributed by atoms with Gasteiger partial charge in [-0.05, 0) is 12.8 Å². The van der Waals surface area contributed by atoms with Crippen LogP contribution in [0, 0.1) is 0 Å². The Morgan fingerprint density at radius 1 is 1.31 bits per heavy atom. The van der Waals surface area contributed by atoms with Crippen LogP contribution in [0.25, 0.3) is 0 Å². The standard InChI is InChI=1S/C6H14N4O3/c7-3(5(11)12)1-2-4(8)10-6(9)13/h3-4H,1-2,7-8H2,(H,11,12)(H3,9,10,13)/t3-,4?/m1/s1. The highest BCUT2D eigenvalue weighted by molar-refractivity contribution is 5.73. The number of carboxylic acid groups (broad SMARTS) is 1. The van der Waals surface area contributed by atoms with Gasteiger partial charge in [0.05, 0.1) is 6.17 Å². The lowest BCUT2D eigenvalue weighted by atomic mass is 10.1. The Hall–Kier alpha value is -1.34. The van der Waals surface area contributed by atoms with E-state index in [1.165, 1.54) is 0 Å². The maximum absolute atomic E-state index is 10.3. The molecule has 0 saturated heterocycles. The second kappa shape index (κ2) is 5.33. The lowest BCUT2D eigenvalue weighted by Gasteiger charge is -2.13. The number of aliphatic carboxylic acids is 1. The first-order valence-electron chi connectivity index (χ1n) is 3.73. The Morgan fingerprint density at radius 3 is 2.23 bits per heavy atom. The molecule has 0 heterocycles. The van der Waals surface area contributed by atoms with Gasteiger partial charge in [-0.2, -0.15) is 0 Å². The molecule has 1 unspecified atom stereocenters. The topological polar surface area (TPSA) is 144 Å². The van der Waals surface area contributed by atoms with Gasteiger partial charge in [-0.1, -0.05) is 0 Å². The van der Waals surface area contributed by atoms with Crippen LogP contribution in [0.3, 0.4) is 0 Å². The molecule has 0 aromatic heterocycles. The SMILES string of the molecule is NC(=O)NC(N)CC[C@@H](N)C(=O)O. The van der Waals surface area contributed by atoms with Crippen molar-refractivity contribution >= 4 is 12.0 Å². The quantitative estimate of drug-likeness (QED) is 0.322. The fourth-order valence-corrected chi connectivity index (χ4v) is 0.737. The van der Waals surface area contributed by atoms with E-state index in [1.807, 2.05) is 0 Å². The Kier molecular flexibility index (Phi) is 4.78. The fourth-order valence-electron chi connectivity index (χ4n) is 0.737. The largest absolute Gasteiger partial charge is 0.480 e. The summed E-state index contributed by atoms with van der Waals surface area (Å²) in [5.41, 5.74) is 15.3. The molecule has 0 aliphatic carbocycles. The average molecular weight is 190 g/mol. The van der Waals surface area contributed by atoms with Crippen molar-refractivity contribution in [3.05, 3.63) is 0 Å². The minimum Gasteiger partial charge on any atom is -0.480 e. The van der Waals surface area contributed by atoms with Crippen molar-refractivity contribution in [3.63, 3.8) is 0 Å². The van der Waals surface area contributed by atoms with Crippen molar-refractivity contribution in [2.45, 2.75) is 25.0 Å². The molecule has 0 fully saturated rings. The van der Waals surface area contributed by atoms with Crippen LogP contribution in [-0.2, 0) is 4.79 Å². The van der Waals surface area contributed by atoms with Crippen LogP contribution in [0.4, 0.5) is 4.79 Å². The van der Waals surface area contributed by atoms with E-state index in [2.05, 4.69) is 5.32 Å². The number of carbonyl (C=O) groups is 2. The number of hydrogen-bond acceptors (Lipinski definition) is 4. The van der Waals surface area contributed by atoms with Crippen LogP contribution in [0.2, 0.25) is 0 Å². The molecule has 13 heavy (non-hydrogen) atoms. The Morgan fingerprint density at radius 2 is 1.85 bits per heavy atom. The third-order valence-corrected chi connectivity index (χ3v) is 1.43. The molecule has 7 heteroatoms. The predicted octanol–water partition coefficient (Wildman–Crippen LogP) is -1.87. The van der Waals surface area contributed by atoms with E-state index in [1.54, 1.807) is 0 Å². The molecular weight excluding hydrogens is 176 g/mol. The molecule has 0 radical (unpaired) electrons. The number of carbonyl (C=O) groups excluding carboxylic acids is 1. The molecule has 7 nitrogen and oxygen atoms in total. The van der Waals surface area contributed by atoms with Crippen LogP contribution >= 0.6 is 0 Å². The summed E-state index contributed by atoms with van der Waals surface area (Å²) < 4.78 is 0. The van der Waals surface area contributed by atoms with E-state index in [0.29, 0.717) is 0 Å². The molecule has 8 N–H and O–H groups in total. The number of urea groups is 1. The van der Waals surface area contributed by atoms with Crippen molar-refractivity contribution in [1.29, 1.82) is 0 Å². The monoisotopic (exact) mass is 190 g/mol. The van der Waals surface area contributed by atoms with Crippen molar-refractivity contribution in [2.24, 2.45) is 17.2 Å². The highest BCUT2D eigenvalue weighted by Crippen LogP contribution is 1.96. The molecular formula is C6H14N4O3. The number of hydrogen-bond donors (Lipinski definition) is 5. The molecule has 0 spiro atoms. The zero-order valence-electron chi connectivity index (χ0n) is 7.06. The van der Waals surface area contributed by atoms with E-state index < -0.39 is 24.2 Å². The van der Waals surface area contributed by atoms with E-state index >= 15 is 0 Å². The molecule has 0 saturated carbocycles. The van der Waals surface area contributed by atoms with Crippen LogP contribution in [-0.4, -0.2) is 29.3 Å². The Labute approximate surface area is 75.3 Å². The van der Waals surface area contributed by atoms with E-state index in [4.69, 9.17) is 22.3 Å². The highest BCUT2D eigenvalue weighted by Gasteiger charge is 2.13. The van der Waals surface area contributed by atoms with E-state index in [9.17, 15) is 9.59 Å². The number of carboxylic acids is 1. The summed E-state index contributed by atoms with van der Waals surface area (Å²) in [4.78, 5) is 20.5. The van der Waals surface area contributed by atoms with E-state index in [0.717, 1.165) is 0 Å². The summed E-state index contributed by atoms with van der Waals surface area (Å²) in [5, 5.41) is 10.6. The number of amides is 2. The summed E-state index contributed by atoms with van der Waals surface area (Å²) in [6, 6.07) is -1.70. The van der Waals surface area contributed by atoms with Gasteiger partial charge >= 0.3 is 12.0 Å². The molecule has 2 atom stereocenters. The molecule has 2 amide bonds. The van der Waals surface area contributed by atoms with Crippen LogP contribution in [0.5, 0.6) is 0 Å². The van der Waals surface area contributed by atoms with Crippen LogP contribution in [0.15, 0.2) is 0 Å². The van der Waals surface area contributed by atoms with Gasteiger partial charge in [0.1, 0.15) is 6.04 Å². The second-order valence-electron chi connectivity index (χ2n) is 2.64. The number of nitrogens with two attached hydrogens (primary N) is 3. The third kappa shape index (κ3) is 5.88. The summed E-state index contributed by atoms with van der Waals surface area (Å²) in [7, 11) is 0. The molecule has 0 rings (SSSR count). The van der Waals surface area contributed by atoms with Gasteiger partial charge in [-0.15, -0.1) is 0 Å². The van der Waals surface area contributed by atoms with Gasteiger partial charge in [0.15, 0.2) is 0 Å².